The summed E-state index contributed by atoms with van der Waals surface area (Å²) in [4.78, 5) is 12.4. The number of anilines is 1. The molecule has 27 heavy (non-hydrogen) atoms. The molecule has 3 rings (SSSR count). The van der Waals surface area contributed by atoms with Crippen LogP contribution in [0.1, 0.15) is 30.1 Å². The Morgan fingerprint density at radius 1 is 1.19 bits per heavy atom. The van der Waals surface area contributed by atoms with E-state index in [4.69, 9.17) is 11.6 Å². The van der Waals surface area contributed by atoms with Crippen molar-refractivity contribution in [1.82, 2.24) is 9.73 Å². The fraction of sp³-hybridized carbons (Fsp3) is 0.316. The summed E-state index contributed by atoms with van der Waals surface area (Å²) >= 11 is 6.16. The van der Waals surface area contributed by atoms with Gasteiger partial charge in [0.2, 0.25) is 10.0 Å². The highest BCUT2D eigenvalue weighted by molar-refractivity contribution is 7.89. The second-order valence-corrected chi connectivity index (χ2v) is 9.01. The summed E-state index contributed by atoms with van der Waals surface area (Å²) < 4.78 is 27.5. The van der Waals surface area contributed by atoms with Crippen molar-refractivity contribution in [3.05, 3.63) is 59.1 Å². The first-order chi connectivity index (χ1) is 12.9. The maximum atomic E-state index is 13.0. The summed E-state index contributed by atoms with van der Waals surface area (Å²) in [7, 11) is -3.75. The highest BCUT2D eigenvalue weighted by Crippen LogP contribution is 2.29. The topological polar surface area (TPSA) is 78.5 Å². The number of halogens is 1. The molecule has 0 bridgehead atoms. The SMILES string of the molecule is CC1CCCN(S(=O)(=O)c2cc(C(=O)NNc3ccccc3)ccc2Cl)C1. The third-order valence-corrected chi connectivity index (χ3v) is 6.87. The van der Waals surface area contributed by atoms with E-state index in [1.54, 1.807) is 12.1 Å². The highest BCUT2D eigenvalue weighted by Gasteiger charge is 2.30. The number of hydrogen-bond acceptors (Lipinski definition) is 4. The molecule has 1 unspecified atom stereocenters. The van der Waals surface area contributed by atoms with Crippen LogP contribution in [-0.4, -0.2) is 31.7 Å². The summed E-state index contributed by atoms with van der Waals surface area (Å²) in [6.45, 7) is 2.96. The summed E-state index contributed by atoms with van der Waals surface area (Å²) in [6.07, 6.45) is 1.83. The molecule has 1 aliphatic heterocycles. The third-order valence-electron chi connectivity index (χ3n) is 4.53. The number of carbonyl (C=O) groups is 1. The van der Waals surface area contributed by atoms with Crippen LogP contribution < -0.4 is 10.9 Å². The Labute approximate surface area is 164 Å². The molecule has 2 aromatic rings. The maximum Gasteiger partial charge on any atom is 0.269 e. The van der Waals surface area contributed by atoms with Crippen LogP contribution >= 0.6 is 11.6 Å². The van der Waals surface area contributed by atoms with Gasteiger partial charge in [0.25, 0.3) is 5.91 Å². The first-order valence-corrected chi connectivity index (χ1v) is 10.6. The van der Waals surface area contributed by atoms with Gasteiger partial charge in [0, 0.05) is 18.7 Å². The standard InChI is InChI=1S/C19H22ClN3O3S/c1-14-6-5-11-23(13-14)27(25,26)18-12-15(9-10-17(18)20)19(24)22-21-16-7-3-2-4-8-16/h2-4,7-10,12,14,21H,5-6,11,13H2,1H3,(H,22,24). The molecule has 0 saturated carbocycles. The fourth-order valence-corrected chi connectivity index (χ4v) is 5.17. The summed E-state index contributed by atoms with van der Waals surface area (Å²) in [5.74, 6) is -0.146. The van der Waals surface area contributed by atoms with Gasteiger partial charge in [0.1, 0.15) is 4.90 Å². The van der Waals surface area contributed by atoms with Crippen LogP contribution in [0.15, 0.2) is 53.4 Å². The second kappa shape index (κ2) is 8.29. The molecule has 2 aromatic carbocycles. The van der Waals surface area contributed by atoms with E-state index in [2.05, 4.69) is 10.9 Å². The number of para-hydroxylation sites is 1. The van der Waals surface area contributed by atoms with Crippen molar-refractivity contribution in [3.8, 4) is 0 Å². The van der Waals surface area contributed by atoms with E-state index in [1.165, 1.54) is 22.5 Å². The predicted molar refractivity (Wildman–Crippen MR) is 106 cm³/mol. The number of rotatable bonds is 5. The zero-order valence-corrected chi connectivity index (χ0v) is 16.6. The lowest BCUT2D eigenvalue weighted by molar-refractivity contribution is 0.0962. The van der Waals surface area contributed by atoms with Gasteiger partial charge in [-0.25, -0.2) is 8.42 Å². The zero-order chi connectivity index (χ0) is 19.4. The molecule has 1 aliphatic rings. The van der Waals surface area contributed by atoms with Crippen LogP contribution in [0.25, 0.3) is 0 Å². The van der Waals surface area contributed by atoms with Gasteiger partial charge < -0.3 is 0 Å². The molecule has 0 aliphatic carbocycles. The van der Waals surface area contributed by atoms with Crippen LogP contribution in [0.5, 0.6) is 0 Å². The number of nitrogens with one attached hydrogen (secondary N) is 2. The lowest BCUT2D eigenvalue weighted by Crippen LogP contribution is -2.39. The molecule has 6 nitrogen and oxygen atoms in total. The molecule has 1 fully saturated rings. The van der Waals surface area contributed by atoms with Crippen LogP contribution in [0.2, 0.25) is 5.02 Å². The lowest BCUT2D eigenvalue weighted by atomic mass is 10.0. The van der Waals surface area contributed by atoms with Crippen molar-refractivity contribution in [2.45, 2.75) is 24.7 Å². The van der Waals surface area contributed by atoms with E-state index in [-0.39, 0.29) is 15.5 Å². The van der Waals surface area contributed by atoms with Crippen molar-refractivity contribution in [2.75, 3.05) is 18.5 Å². The minimum absolute atomic E-state index is 0.0365. The van der Waals surface area contributed by atoms with Crippen LogP contribution in [0.4, 0.5) is 5.69 Å². The van der Waals surface area contributed by atoms with Gasteiger partial charge in [0.15, 0.2) is 0 Å². The fourth-order valence-electron chi connectivity index (χ4n) is 3.07. The number of sulfonamides is 1. The van der Waals surface area contributed by atoms with Crippen molar-refractivity contribution >= 4 is 33.2 Å². The highest BCUT2D eigenvalue weighted by atomic mass is 35.5. The molecule has 1 amide bonds. The Morgan fingerprint density at radius 3 is 2.63 bits per heavy atom. The molecule has 8 heteroatoms. The average Bonchev–Trinajstić information content (AvgIpc) is 2.67. The first kappa shape index (κ1) is 19.7. The van der Waals surface area contributed by atoms with E-state index in [9.17, 15) is 13.2 Å². The Bertz CT molecular complexity index is 919. The molecule has 0 spiro atoms. The van der Waals surface area contributed by atoms with Gasteiger partial charge >= 0.3 is 0 Å². The molecule has 2 N–H and O–H groups in total. The zero-order valence-electron chi connectivity index (χ0n) is 15.0. The van der Waals surface area contributed by atoms with Gasteiger partial charge in [-0.2, -0.15) is 4.31 Å². The molecule has 1 saturated heterocycles. The molecule has 0 aromatic heterocycles. The summed E-state index contributed by atoms with van der Waals surface area (Å²) in [5, 5.41) is 0.112. The summed E-state index contributed by atoms with van der Waals surface area (Å²) in [5.41, 5.74) is 6.28. The van der Waals surface area contributed by atoms with Crippen molar-refractivity contribution in [1.29, 1.82) is 0 Å². The molecule has 1 heterocycles. The van der Waals surface area contributed by atoms with Crippen molar-refractivity contribution < 1.29 is 13.2 Å². The number of hydrazine groups is 1. The van der Waals surface area contributed by atoms with Gasteiger partial charge in [0.05, 0.1) is 10.7 Å². The Morgan fingerprint density at radius 2 is 1.93 bits per heavy atom. The number of carbonyl (C=O) groups excluding carboxylic acids is 1. The maximum absolute atomic E-state index is 13.0. The number of nitrogens with zero attached hydrogens (tertiary/aromatic N) is 1. The third kappa shape index (κ3) is 4.61. The summed E-state index contributed by atoms with van der Waals surface area (Å²) in [6, 6.07) is 13.4. The minimum atomic E-state index is -3.75. The quantitative estimate of drug-likeness (QED) is 0.743. The van der Waals surface area contributed by atoms with Gasteiger partial charge in [-0.15, -0.1) is 0 Å². The molecular weight excluding hydrogens is 386 g/mol. The van der Waals surface area contributed by atoms with E-state index < -0.39 is 15.9 Å². The number of amides is 1. The van der Waals surface area contributed by atoms with Crippen LogP contribution in [0.3, 0.4) is 0 Å². The minimum Gasteiger partial charge on any atom is -0.298 e. The van der Waals surface area contributed by atoms with Crippen LogP contribution in [-0.2, 0) is 10.0 Å². The number of piperidine rings is 1. The molecule has 0 radical (unpaired) electrons. The van der Waals surface area contributed by atoms with Gasteiger partial charge in [-0.3, -0.25) is 15.6 Å². The Kier molecular flexibility index (Phi) is 6.04. The molecule has 1 atom stereocenters. The second-order valence-electron chi connectivity index (χ2n) is 6.70. The first-order valence-electron chi connectivity index (χ1n) is 8.79. The Balaban J connectivity index is 1.80. The van der Waals surface area contributed by atoms with Gasteiger partial charge in [-0.05, 0) is 49.1 Å². The van der Waals surface area contributed by atoms with Crippen LogP contribution in [0, 0.1) is 5.92 Å². The molecule has 144 valence electrons. The van der Waals surface area contributed by atoms with E-state index in [0.29, 0.717) is 19.0 Å². The monoisotopic (exact) mass is 407 g/mol. The Hall–Kier alpha value is -2.09. The number of hydrogen-bond donors (Lipinski definition) is 2. The van der Waals surface area contributed by atoms with Crippen molar-refractivity contribution in [2.24, 2.45) is 5.92 Å². The van der Waals surface area contributed by atoms with E-state index >= 15 is 0 Å². The van der Waals surface area contributed by atoms with E-state index in [0.717, 1.165) is 18.5 Å². The normalized spacial score (nSPS) is 18.1. The van der Waals surface area contributed by atoms with E-state index in [1.807, 2.05) is 25.1 Å². The van der Waals surface area contributed by atoms with Crippen molar-refractivity contribution in [3.63, 3.8) is 0 Å². The largest absolute Gasteiger partial charge is 0.298 e. The lowest BCUT2D eigenvalue weighted by Gasteiger charge is -2.30. The van der Waals surface area contributed by atoms with Gasteiger partial charge in [-0.1, -0.05) is 36.7 Å². The smallest absolute Gasteiger partial charge is 0.269 e. The number of benzene rings is 2. The average molecular weight is 408 g/mol. The predicted octanol–water partition coefficient (Wildman–Crippen LogP) is 3.52. The molecular formula is C19H22ClN3O3S.